The second kappa shape index (κ2) is 6.42. The lowest BCUT2D eigenvalue weighted by atomic mass is 9.82. The van der Waals surface area contributed by atoms with Crippen LogP contribution in [0, 0.1) is 9.87 Å². The van der Waals surface area contributed by atoms with Gasteiger partial charge >= 0.3 is 0 Å². The predicted molar refractivity (Wildman–Crippen MR) is 97.5 cm³/mol. The number of hydrogen-bond acceptors (Lipinski definition) is 4. The Morgan fingerprint density at radius 3 is 2.75 bits per heavy atom. The van der Waals surface area contributed by atoms with E-state index in [0.717, 1.165) is 38.8 Å². The normalized spacial score (nSPS) is 29.6. The van der Waals surface area contributed by atoms with Crippen molar-refractivity contribution in [2.24, 2.45) is 5.92 Å². The first-order valence-corrected chi connectivity index (χ1v) is 10.2. The van der Waals surface area contributed by atoms with Crippen LogP contribution in [0.5, 0.6) is 0 Å². The Balaban J connectivity index is 1.71. The minimum absolute atomic E-state index is 0.00401. The number of thiazole rings is 1. The molecule has 2 amide bonds. The lowest BCUT2D eigenvalue weighted by Crippen LogP contribution is -2.42. The predicted octanol–water partition coefficient (Wildman–Crippen LogP) is 3.81. The van der Waals surface area contributed by atoms with Crippen LogP contribution < -0.4 is 5.32 Å². The van der Waals surface area contributed by atoms with Gasteiger partial charge in [0.15, 0.2) is 3.95 Å². The number of nitrogens with one attached hydrogen (secondary N) is 1. The first-order valence-electron chi connectivity index (χ1n) is 8.56. The molecule has 3 aliphatic rings. The number of carbonyl (C=O) groups is 2. The van der Waals surface area contributed by atoms with Crippen molar-refractivity contribution in [1.82, 2.24) is 9.47 Å². The van der Waals surface area contributed by atoms with Crippen LogP contribution in [-0.2, 0) is 4.79 Å². The highest BCUT2D eigenvalue weighted by atomic mass is 35.5. The van der Waals surface area contributed by atoms with Gasteiger partial charge in [-0.05, 0) is 50.7 Å². The van der Waals surface area contributed by atoms with E-state index in [2.05, 4.69) is 5.32 Å². The zero-order valence-electron chi connectivity index (χ0n) is 13.3. The van der Waals surface area contributed by atoms with Crippen LogP contribution in [0.15, 0.2) is 0 Å². The molecule has 0 radical (unpaired) electrons. The number of fused-ring (bicyclic) bond motifs is 3. The van der Waals surface area contributed by atoms with Gasteiger partial charge in [-0.1, -0.05) is 11.3 Å². The van der Waals surface area contributed by atoms with E-state index < -0.39 is 0 Å². The standard InChI is InChI=1S/C16H20ClN3O2S2/c17-9-4-5-11-10(8-9)14(21)18-13-12(24-16(23)20(11)13)15(22)19-6-2-1-3-7-19/h9-11H,1-8H2,(H,18,21). The molecule has 1 aromatic rings. The van der Waals surface area contributed by atoms with Crippen molar-refractivity contribution in [3.8, 4) is 0 Å². The van der Waals surface area contributed by atoms with Gasteiger partial charge in [-0.2, -0.15) is 0 Å². The van der Waals surface area contributed by atoms with E-state index >= 15 is 0 Å². The van der Waals surface area contributed by atoms with Crippen LogP contribution in [0.3, 0.4) is 0 Å². The molecule has 4 rings (SSSR count). The number of likely N-dealkylation sites (tertiary alicyclic amines) is 1. The summed E-state index contributed by atoms with van der Waals surface area (Å²) in [5.41, 5.74) is 0. The van der Waals surface area contributed by atoms with E-state index in [1.165, 1.54) is 17.8 Å². The average Bonchev–Trinajstić information content (AvgIpc) is 2.92. The Hall–Kier alpha value is -0.920. The first-order chi connectivity index (χ1) is 11.6. The number of nitrogens with zero attached hydrogens (tertiary/aromatic N) is 2. The number of hydrogen-bond donors (Lipinski definition) is 1. The van der Waals surface area contributed by atoms with Gasteiger partial charge in [0, 0.05) is 24.5 Å². The van der Waals surface area contributed by atoms with Crippen molar-refractivity contribution in [1.29, 1.82) is 0 Å². The number of alkyl halides is 1. The largest absolute Gasteiger partial charge is 0.338 e. The molecule has 0 spiro atoms. The monoisotopic (exact) mass is 385 g/mol. The van der Waals surface area contributed by atoms with Crippen molar-refractivity contribution in [3.05, 3.63) is 8.83 Å². The van der Waals surface area contributed by atoms with Gasteiger partial charge in [0.05, 0.1) is 5.92 Å². The Bertz CT molecular complexity index is 738. The Morgan fingerprint density at radius 2 is 2.00 bits per heavy atom. The minimum atomic E-state index is -0.145. The third-order valence-corrected chi connectivity index (χ3v) is 7.13. The molecule has 1 saturated heterocycles. The van der Waals surface area contributed by atoms with E-state index in [1.54, 1.807) is 0 Å². The molecular formula is C16H20ClN3O2S2. The fraction of sp³-hybridized carbons (Fsp3) is 0.688. The van der Waals surface area contributed by atoms with Crippen LogP contribution in [-0.4, -0.2) is 39.7 Å². The summed E-state index contributed by atoms with van der Waals surface area (Å²) in [5.74, 6) is 0.447. The molecule has 3 heterocycles. The molecule has 2 fully saturated rings. The van der Waals surface area contributed by atoms with Crippen molar-refractivity contribution in [2.75, 3.05) is 18.4 Å². The van der Waals surface area contributed by atoms with Crippen LogP contribution >= 0.6 is 35.2 Å². The molecule has 1 saturated carbocycles. The van der Waals surface area contributed by atoms with E-state index in [0.29, 0.717) is 21.1 Å². The third-order valence-electron chi connectivity index (χ3n) is 5.34. The van der Waals surface area contributed by atoms with Gasteiger partial charge in [0.1, 0.15) is 10.7 Å². The van der Waals surface area contributed by atoms with Gasteiger partial charge in [-0.15, -0.1) is 11.6 Å². The smallest absolute Gasteiger partial charge is 0.267 e. The first kappa shape index (κ1) is 16.5. The maximum atomic E-state index is 12.9. The summed E-state index contributed by atoms with van der Waals surface area (Å²) in [6, 6.07) is 0.0374. The summed E-state index contributed by atoms with van der Waals surface area (Å²) >= 11 is 13.1. The molecule has 5 nitrogen and oxygen atoms in total. The molecular weight excluding hydrogens is 366 g/mol. The summed E-state index contributed by atoms with van der Waals surface area (Å²) in [6.07, 6.45) is 5.64. The molecule has 8 heteroatoms. The summed E-state index contributed by atoms with van der Waals surface area (Å²) in [6.45, 7) is 1.58. The lowest BCUT2D eigenvalue weighted by Gasteiger charge is -2.38. The zero-order valence-corrected chi connectivity index (χ0v) is 15.7. The fourth-order valence-electron chi connectivity index (χ4n) is 4.09. The minimum Gasteiger partial charge on any atom is -0.338 e. The van der Waals surface area contributed by atoms with Gasteiger partial charge in [0.2, 0.25) is 5.91 Å². The second-order valence-electron chi connectivity index (χ2n) is 6.84. The molecule has 1 N–H and O–H groups in total. The molecule has 3 unspecified atom stereocenters. The second-order valence-corrected chi connectivity index (χ2v) is 9.10. The Labute approximate surface area is 155 Å². The molecule has 130 valence electrons. The average molecular weight is 386 g/mol. The lowest BCUT2D eigenvalue weighted by molar-refractivity contribution is -0.123. The van der Waals surface area contributed by atoms with Crippen molar-refractivity contribution < 1.29 is 9.59 Å². The number of rotatable bonds is 1. The highest BCUT2D eigenvalue weighted by Gasteiger charge is 2.42. The van der Waals surface area contributed by atoms with Gasteiger partial charge in [0.25, 0.3) is 5.91 Å². The van der Waals surface area contributed by atoms with Crippen LogP contribution in [0.25, 0.3) is 0 Å². The molecule has 3 atom stereocenters. The van der Waals surface area contributed by atoms with Gasteiger partial charge < -0.3 is 14.8 Å². The summed E-state index contributed by atoms with van der Waals surface area (Å²) < 4.78 is 2.68. The number of amides is 2. The summed E-state index contributed by atoms with van der Waals surface area (Å²) in [4.78, 5) is 27.9. The van der Waals surface area contributed by atoms with E-state index in [9.17, 15) is 9.59 Å². The number of halogens is 1. The van der Waals surface area contributed by atoms with E-state index in [-0.39, 0.29) is 29.2 Å². The van der Waals surface area contributed by atoms with Crippen molar-refractivity contribution in [3.63, 3.8) is 0 Å². The zero-order chi connectivity index (χ0) is 16.8. The number of anilines is 1. The molecule has 1 aromatic heterocycles. The third kappa shape index (κ3) is 2.70. The summed E-state index contributed by atoms with van der Waals surface area (Å²) in [7, 11) is 0. The maximum absolute atomic E-state index is 12.9. The highest BCUT2D eigenvalue weighted by Crippen LogP contribution is 2.44. The fourth-order valence-corrected chi connectivity index (χ4v) is 5.85. The topological polar surface area (TPSA) is 54.3 Å². The maximum Gasteiger partial charge on any atom is 0.267 e. The summed E-state index contributed by atoms with van der Waals surface area (Å²) in [5, 5.41) is 2.99. The van der Waals surface area contributed by atoms with E-state index in [4.69, 9.17) is 23.8 Å². The quantitative estimate of drug-likeness (QED) is 0.590. The van der Waals surface area contributed by atoms with Crippen LogP contribution in [0.2, 0.25) is 0 Å². The van der Waals surface area contributed by atoms with Crippen LogP contribution in [0.1, 0.15) is 54.2 Å². The van der Waals surface area contributed by atoms with Crippen molar-refractivity contribution >= 4 is 52.8 Å². The highest BCUT2D eigenvalue weighted by molar-refractivity contribution is 7.73. The molecule has 24 heavy (non-hydrogen) atoms. The number of aromatic nitrogens is 1. The van der Waals surface area contributed by atoms with Gasteiger partial charge in [-0.3, -0.25) is 9.59 Å². The number of piperidine rings is 1. The van der Waals surface area contributed by atoms with E-state index in [1.807, 2.05) is 9.47 Å². The SMILES string of the molecule is O=C1Nc2c(C(=O)N3CCCCC3)sc(=S)n2C2CCC(Cl)CC12. The molecule has 1 aliphatic carbocycles. The molecule has 0 bridgehead atoms. The molecule has 0 aromatic carbocycles. The Morgan fingerprint density at radius 1 is 1.25 bits per heavy atom. The number of carbonyl (C=O) groups excluding carboxylic acids is 2. The Kier molecular flexibility index (Phi) is 4.43. The molecule has 2 aliphatic heterocycles. The van der Waals surface area contributed by atoms with Crippen molar-refractivity contribution in [2.45, 2.75) is 49.9 Å². The van der Waals surface area contributed by atoms with Gasteiger partial charge in [-0.25, -0.2) is 0 Å². The van der Waals surface area contributed by atoms with Crippen LogP contribution in [0.4, 0.5) is 5.82 Å².